The van der Waals surface area contributed by atoms with Crippen LogP contribution in [-0.2, 0) is 6.18 Å². The van der Waals surface area contributed by atoms with E-state index >= 15 is 0 Å². The van der Waals surface area contributed by atoms with E-state index in [1.807, 2.05) is 18.2 Å². The number of amides is 2. The van der Waals surface area contributed by atoms with Crippen LogP contribution < -0.4 is 9.80 Å². The quantitative estimate of drug-likeness (QED) is 0.671. The lowest BCUT2D eigenvalue weighted by atomic mass is 10.1. The second-order valence-electron chi connectivity index (χ2n) is 6.18. The van der Waals surface area contributed by atoms with Crippen molar-refractivity contribution in [2.75, 3.05) is 16.3 Å². The first-order chi connectivity index (χ1) is 13.4. The summed E-state index contributed by atoms with van der Waals surface area (Å²) in [5, 5.41) is 11.1. The Morgan fingerprint density at radius 2 is 1.96 bits per heavy atom. The molecule has 1 fully saturated rings. The fourth-order valence-electron chi connectivity index (χ4n) is 3.22. The van der Waals surface area contributed by atoms with Crippen molar-refractivity contribution in [2.45, 2.75) is 12.2 Å². The molecule has 1 aromatic carbocycles. The summed E-state index contributed by atoms with van der Waals surface area (Å²) >= 11 is 0. The van der Waals surface area contributed by atoms with Gasteiger partial charge in [-0.1, -0.05) is 24.3 Å². The number of carbonyl (C=O) groups is 1. The number of fused-ring (bicyclic) bond motifs is 1. The normalized spacial score (nSPS) is 17.2. The first kappa shape index (κ1) is 17.7. The number of urea groups is 1. The van der Waals surface area contributed by atoms with Gasteiger partial charge in [0.15, 0.2) is 0 Å². The van der Waals surface area contributed by atoms with Gasteiger partial charge in [0, 0.05) is 28.9 Å². The Morgan fingerprint density at radius 3 is 2.71 bits per heavy atom. The number of halogens is 3. The first-order valence-electron chi connectivity index (χ1n) is 8.26. The van der Waals surface area contributed by atoms with Gasteiger partial charge in [-0.05, 0) is 12.1 Å². The van der Waals surface area contributed by atoms with Crippen molar-refractivity contribution in [1.29, 1.82) is 5.26 Å². The highest BCUT2D eigenvalue weighted by Gasteiger charge is 2.41. The fourth-order valence-corrected chi connectivity index (χ4v) is 3.22. The molecule has 3 aromatic rings. The Bertz CT molecular complexity index is 1100. The van der Waals surface area contributed by atoms with Gasteiger partial charge in [-0.3, -0.25) is 19.8 Å². The van der Waals surface area contributed by atoms with Crippen LogP contribution in [0.25, 0.3) is 10.8 Å². The molecule has 0 aliphatic carbocycles. The Balaban J connectivity index is 1.78. The number of hydrogen-bond donors (Lipinski definition) is 0. The molecular weight excluding hydrogens is 371 g/mol. The number of hydrogen-bond acceptors (Lipinski definition) is 4. The lowest BCUT2D eigenvalue weighted by Crippen LogP contribution is -2.34. The van der Waals surface area contributed by atoms with E-state index < -0.39 is 23.9 Å². The average molecular weight is 383 g/mol. The molecule has 1 aliphatic heterocycles. The number of nitrogens with zero attached hydrogens (tertiary/aromatic N) is 5. The minimum atomic E-state index is -4.63. The molecule has 1 atom stereocenters. The molecule has 4 rings (SSSR count). The maximum Gasteiger partial charge on any atom is 0.433 e. The van der Waals surface area contributed by atoms with Gasteiger partial charge in [-0.2, -0.15) is 18.4 Å². The van der Waals surface area contributed by atoms with Gasteiger partial charge in [0.05, 0.1) is 24.5 Å². The maximum atomic E-state index is 13.1. The molecule has 2 aromatic heterocycles. The summed E-state index contributed by atoms with van der Waals surface area (Å²) in [6, 6.07) is 9.94. The van der Waals surface area contributed by atoms with E-state index in [-0.39, 0.29) is 12.2 Å². The van der Waals surface area contributed by atoms with Gasteiger partial charge in [0.1, 0.15) is 11.7 Å². The van der Waals surface area contributed by atoms with Crippen molar-refractivity contribution in [3.05, 3.63) is 60.7 Å². The van der Waals surface area contributed by atoms with Crippen LogP contribution in [0.2, 0.25) is 0 Å². The molecule has 0 saturated carbocycles. The molecule has 0 unspecified atom stereocenters. The van der Waals surface area contributed by atoms with Crippen LogP contribution in [0.15, 0.2) is 55.0 Å². The number of nitriles is 1. The minimum Gasteiger partial charge on any atom is -0.291 e. The topological polar surface area (TPSA) is 73.1 Å². The van der Waals surface area contributed by atoms with Gasteiger partial charge < -0.3 is 0 Å². The molecule has 0 radical (unpaired) electrons. The number of pyridine rings is 2. The monoisotopic (exact) mass is 383 g/mol. The van der Waals surface area contributed by atoms with E-state index in [9.17, 15) is 23.2 Å². The van der Waals surface area contributed by atoms with E-state index in [1.165, 1.54) is 17.2 Å². The molecule has 0 bridgehead atoms. The molecule has 6 nitrogen and oxygen atoms in total. The molecule has 140 valence electrons. The summed E-state index contributed by atoms with van der Waals surface area (Å²) in [4.78, 5) is 22.9. The van der Waals surface area contributed by atoms with E-state index in [4.69, 9.17) is 0 Å². The smallest absolute Gasteiger partial charge is 0.291 e. The van der Waals surface area contributed by atoms with Crippen molar-refractivity contribution >= 4 is 28.2 Å². The zero-order chi connectivity index (χ0) is 19.9. The van der Waals surface area contributed by atoms with Crippen LogP contribution in [0.3, 0.4) is 0 Å². The SMILES string of the molecule is N#C[C@@H]1CN(c2ccnc(C(F)(F)F)c2)C(=O)N1c1cncc2ccccc12. The molecule has 1 aliphatic rings. The predicted octanol–water partition coefficient (Wildman–Crippen LogP) is 3.99. The number of alkyl halides is 3. The molecule has 1 saturated heterocycles. The Hall–Kier alpha value is -3.67. The summed E-state index contributed by atoms with van der Waals surface area (Å²) in [5.41, 5.74) is -0.637. The third-order valence-electron chi connectivity index (χ3n) is 4.51. The van der Waals surface area contributed by atoms with Crippen molar-refractivity contribution < 1.29 is 18.0 Å². The largest absolute Gasteiger partial charge is 0.433 e. The highest BCUT2D eigenvalue weighted by Crippen LogP contribution is 2.35. The van der Waals surface area contributed by atoms with E-state index in [2.05, 4.69) is 9.97 Å². The van der Waals surface area contributed by atoms with Crippen LogP contribution >= 0.6 is 0 Å². The second kappa shape index (κ2) is 6.49. The van der Waals surface area contributed by atoms with Crippen molar-refractivity contribution in [3.8, 4) is 6.07 Å². The number of anilines is 2. The third kappa shape index (κ3) is 2.89. The third-order valence-corrected chi connectivity index (χ3v) is 4.51. The Morgan fingerprint density at radius 1 is 1.18 bits per heavy atom. The zero-order valence-corrected chi connectivity index (χ0v) is 14.3. The second-order valence-corrected chi connectivity index (χ2v) is 6.18. The number of aromatic nitrogens is 2. The standard InChI is InChI=1S/C19H12F3N5O/c20-19(21,22)17-7-13(5-6-25-17)26-11-14(8-23)27(18(26)28)16-10-24-9-12-3-1-2-4-15(12)16/h1-7,9-10,14H,11H2/t14-/m1/s1. The molecule has 28 heavy (non-hydrogen) atoms. The number of carbonyl (C=O) groups excluding carboxylic acids is 1. The molecule has 2 amide bonds. The number of rotatable bonds is 2. The van der Waals surface area contributed by atoms with Crippen LogP contribution in [-0.4, -0.2) is 28.6 Å². The molecule has 0 N–H and O–H groups in total. The van der Waals surface area contributed by atoms with Crippen LogP contribution in [0, 0.1) is 11.3 Å². The van der Waals surface area contributed by atoms with E-state index in [1.54, 1.807) is 18.3 Å². The molecule has 9 heteroatoms. The Kier molecular flexibility index (Phi) is 4.11. The van der Waals surface area contributed by atoms with Crippen molar-refractivity contribution in [2.24, 2.45) is 0 Å². The van der Waals surface area contributed by atoms with Gasteiger partial charge in [0.25, 0.3) is 0 Å². The van der Waals surface area contributed by atoms with Crippen LogP contribution in [0.4, 0.5) is 29.3 Å². The lowest BCUT2D eigenvalue weighted by molar-refractivity contribution is -0.141. The fraction of sp³-hybridized carbons (Fsp3) is 0.158. The predicted molar refractivity (Wildman–Crippen MR) is 95.6 cm³/mol. The van der Waals surface area contributed by atoms with E-state index in [0.717, 1.165) is 27.9 Å². The van der Waals surface area contributed by atoms with E-state index in [0.29, 0.717) is 5.69 Å². The van der Waals surface area contributed by atoms with Gasteiger partial charge in [-0.25, -0.2) is 4.79 Å². The average Bonchev–Trinajstić information content (AvgIpc) is 3.03. The maximum absolute atomic E-state index is 13.1. The summed E-state index contributed by atoms with van der Waals surface area (Å²) in [7, 11) is 0. The van der Waals surface area contributed by atoms with Crippen LogP contribution in [0.1, 0.15) is 5.69 Å². The van der Waals surface area contributed by atoms with Crippen molar-refractivity contribution in [1.82, 2.24) is 9.97 Å². The minimum absolute atomic E-state index is 0.0308. The first-order valence-corrected chi connectivity index (χ1v) is 8.26. The van der Waals surface area contributed by atoms with Crippen LogP contribution in [0.5, 0.6) is 0 Å². The zero-order valence-electron chi connectivity index (χ0n) is 14.3. The van der Waals surface area contributed by atoms with Gasteiger partial charge in [0.2, 0.25) is 0 Å². The Labute approximate surface area is 157 Å². The summed E-state index contributed by atoms with van der Waals surface area (Å²) < 4.78 is 38.9. The highest BCUT2D eigenvalue weighted by atomic mass is 19.4. The molecule has 3 heterocycles. The number of benzene rings is 1. The van der Waals surface area contributed by atoms with Gasteiger partial charge in [-0.15, -0.1) is 0 Å². The lowest BCUT2D eigenvalue weighted by Gasteiger charge is -2.21. The van der Waals surface area contributed by atoms with Crippen molar-refractivity contribution in [3.63, 3.8) is 0 Å². The van der Waals surface area contributed by atoms with Gasteiger partial charge >= 0.3 is 12.2 Å². The summed E-state index contributed by atoms with van der Waals surface area (Å²) in [6.45, 7) is -0.0696. The summed E-state index contributed by atoms with van der Waals surface area (Å²) in [6.07, 6.45) is -0.527. The highest BCUT2D eigenvalue weighted by molar-refractivity contribution is 6.11. The summed E-state index contributed by atoms with van der Waals surface area (Å²) in [5.74, 6) is 0. The molecule has 0 spiro atoms. The molecular formula is C19H12F3N5O.